The number of fused-ring (bicyclic) bond motifs is 1. The highest BCUT2D eigenvalue weighted by Crippen LogP contribution is 2.26. The van der Waals surface area contributed by atoms with Gasteiger partial charge in [0, 0.05) is 6.54 Å². The maximum absolute atomic E-state index is 12.5. The van der Waals surface area contributed by atoms with Crippen molar-refractivity contribution in [2.24, 2.45) is 5.92 Å². The van der Waals surface area contributed by atoms with Gasteiger partial charge in [-0.15, -0.1) is 0 Å². The standard InChI is InChI=1S/C24H37NO2/c1-3-5-7-9-14-20(15-10-8-6-4-2)16-13-19-25-23(26)21-17-11-12-18-22(21)24(25)27/h11-12,17-18,20H,3-10,13-16,19H2,1-2H3. The summed E-state index contributed by atoms with van der Waals surface area (Å²) in [5.74, 6) is 0.518. The number of amides is 2. The van der Waals surface area contributed by atoms with Gasteiger partial charge in [-0.1, -0.05) is 90.2 Å². The normalized spacial score (nSPS) is 13.7. The Labute approximate surface area is 165 Å². The molecule has 150 valence electrons. The first-order valence-corrected chi connectivity index (χ1v) is 11.1. The Morgan fingerprint density at radius 3 is 1.67 bits per heavy atom. The monoisotopic (exact) mass is 371 g/mol. The molecule has 0 spiro atoms. The number of nitrogens with zero attached hydrogens (tertiary/aromatic N) is 1. The lowest BCUT2D eigenvalue weighted by Gasteiger charge is -2.19. The molecule has 0 radical (unpaired) electrons. The number of carbonyl (C=O) groups is 2. The minimum absolute atomic E-state index is 0.113. The Morgan fingerprint density at radius 2 is 1.19 bits per heavy atom. The third-order valence-electron chi connectivity index (χ3n) is 5.80. The molecule has 1 aromatic rings. The highest BCUT2D eigenvalue weighted by molar-refractivity contribution is 6.21. The van der Waals surface area contributed by atoms with Gasteiger partial charge in [0.05, 0.1) is 11.1 Å². The molecule has 0 bridgehead atoms. The molecule has 1 aromatic carbocycles. The molecule has 1 heterocycles. The van der Waals surface area contributed by atoms with Crippen molar-refractivity contribution in [3.05, 3.63) is 35.4 Å². The summed E-state index contributed by atoms with van der Waals surface area (Å²) in [7, 11) is 0. The first-order chi connectivity index (χ1) is 13.2. The molecular weight excluding hydrogens is 334 g/mol. The topological polar surface area (TPSA) is 37.4 Å². The van der Waals surface area contributed by atoms with E-state index in [1.54, 1.807) is 12.1 Å². The smallest absolute Gasteiger partial charge is 0.261 e. The predicted octanol–water partition coefficient (Wildman–Crippen LogP) is 6.62. The van der Waals surface area contributed by atoms with Gasteiger partial charge in [0.2, 0.25) is 0 Å². The quantitative estimate of drug-likeness (QED) is 0.272. The molecule has 0 N–H and O–H groups in total. The average Bonchev–Trinajstić information content (AvgIpc) is 2.93. The summed E-state index contributed by atoms with van der Waals surface area (Å²) in [5, 5.41) is 0. The molecule has 0 fully saturated rings. The summed E-state index contributed by atoms with van der Waals surface area (Å²) >= 11 is 0. The number of hydrogen-bond donors (Lipinski definition) is 0. The molecule has 0 saturated carbocycles. The molecule has 3 heteroatoms. The molecule has 1 aliphatic heterocycles. The summed E-state index contributed by atoms with van der Waals surface area (Å²) in [6.07, 6.45) is 15.2. The summed E-state index contributed by atoms with van der Waals surface area (Å²) in [6.45, 7) is 5.07. The van der Waals surface area contributed by atoms with Crippen molar-refractivity contribution in [2.45, 2.75) is 90.9 Å². The van der Waals surface area contributed by atoms with Crippen LogP contribution in [-0.2, 0) is 0 Å². The van der Waals surface area contributed by atoms with Gasteiger partial charge in [0.1, 0.15) is 0 Å². The zero-order valence-corrected chi connectivity index (χ0v) is 17.3. The molecule has 0 unspecified atom stereocenters. The van der Waals surface area contributed by atoms with Gasteiger partial charge in [0.25, 0.3) is 11.8 Å². The van der Waals surface area contributed by atoms with Gasteiger partial charge >= 0.3 is 0 Å². The molecular formula is C24H37NO2. The van der Waals surface area contributed by atoms with E-state index in [0.29, 0.717) is 17.7 Å². The van der Waals surface area contributed by atoms with E-state index in [1.165, 1.54) is 69.1 Å². The largest absolute Gasteiger partial charge is 0.274 e. The predicted molar refractivity (Wildman–Crippen MR) is 112 cm³/mol. The van der Waals surface area contributed by atoms with E-state index in [1.807, 2.05) is 12.1 Å². The van der Waals surface area contributed by atoms with Crippen molar-refractivity contribution in [2.75, 3.05) is 6.54 Å². The first-order valence-electron chi connectivity index (χ1n) is 11.1. The number of rotatable bonds is 14. The van der Waals surface area contributed by atoms with Gasteiger partial charge < -0.3 is 0 Å². The number of hydrogen-bond acceptors (Lipinski definition) is 2. The van der Waals surface area contributed by atoms with Crippen LogP contribution in [0.25, 0.3) is 0 Å². The minimum atomic E-state index is -0.113. The molecule has 0 saturated heterocycles. The molecule has 0 aromatic heterocycles. The summed E-state index contributed by atoms with van der Waals surface area (Å²) < 4.78 is 0. The third-order valence-corrected chi connectivity index (χ3v) is 5.80. The van der Waals surface area contributed by atoms with E-state index in [0.717, 1.165) is 18.8 Å². The average molecular weight is 372 g/mol. The molecule has 2 rings (SSSR count). The Morgan fingerprint density at radius 1 is 0.704 bits per heavy atom. The Hall–Kier alpha value is -1.64. The van der Waals surface area contributed by atoms with Crippen molar-refractivity contribution in [1.82, 2.24) is 4.90 Å². The molecule has 3 nitrogen and oxygen atoms in total. The van der Waals surface area contributed by atoms with E-state index in [9.17, 15) is 9.59 Å². The Bertz CT molecular complexity index is 549. The lowest BCUT2D eigenvalue weighted by molar-refractivity contribution is 0.0649. The van der Waals surface area contributed by atoms with Crippen LogP contribution >= 0.6 is 0 Å². The van der Waals surface area contributed by atoms with Gasteiger partial charge in [-0.2, -0.15) is 0 Å². The van der Waals surface area contributed by atoms with Crippen LogP contribution in [0.2, 0.25) is 0 Å². The fourth-order valence-corrected chi connectivity index (χ4v) is 4.13. The van der Waals surface area contributed by atoms with Gasteiger partial charge in [-0.25, -0.2) is 0 Å². The van der Waals surface area contributed by atoms with Gasteiger partial charge in [-0.05, 0) is 30.9 Å². The van der Waals surface area contributed by atoms with Crippen LogP contribution in [0.4, 0.5) is 0 Å². The lowest BCUT2D eigenvalue weighted by atomic mass is 9.90. The zero-order chi connectivity index (χ0) is 19.5. The zero-order valence-electron chi connectivity index (χ0n) is 17.3. The van der Waals surface area contributed by atoms with Crippen molar-refractivity contribution < 1.29 is 9.59 Å². The first kappa shape index (κ1) is 21.7. The molecule has 0 aliphatic carbocycles. The van der Waals surface area contributed by atoms with Crippen LogP contribution in [0, 0.1) is 5.92 Å². The maximum Gasteiger partial charge on any atom is 0.261 e. The molecule has 27 heavy (non-hydrogen) atoms. The van der Waals surface area contributed by atoms with E-state index in [-0.39, 0.29) is 11.8 Å². The number of benzene rings is 1. The van der Waals surface area contributed by atoms with Gasteiger partial charge in [-0.3, -0.25) is 14.5 Å². The second-order valence-corrected chi connectivity index (χ2v) is 8.01. The summed E-state index contributed by atoms with van der Waals surface area (Å²) in [5.41, 5.74) is 1.14. The second-order valence-electron chi connectivity index (χ2n) is 8.01. The molecule has 2 amide bonds. The van der Waals surface area contributed by atoms with E-state index in [2.05, 4.69) is 13.8 Å². The highest BCUT2D eigenvalue weighted by atomic mass is 16.2. The van der Waals surface area contributed by atoms with Crippen LogP contribution in [0.3, 0.4) is 0 Å². The SMILES string of the molecule is CCCCCCC(CCCCCC)CCCN1C(=O)c2ccccc2C1=O. The Balaban J connectivity index is 1.79. The van der Waals surface area contributed by atoms with Crippen LogP contribution in [0.1, 0.15) is 112 Å². The molecule has 1 aliphatic rings. The third kappa shape index (κ3) is 6.48. The van der Waals surface area contributed by atoms with E-state index >= 15 is 0 Å². The van der Waals surface area contributed by atoms with Crippen molar-refractivity contribution in [3.8, 4) is 0 Å². The van der Waals surface area contributed by atoms with E-state index < -0.39 is 0 Å². The fraction of sp³-hybridized carbons (Fsp3) is 0.667. The molecule has 0 atom stereocenters. The van der Waals surface area contributed by atoms with Crippen molar-refractivity contribution in [3.63, 3.8) is 0 Å². The number of imide groups is 1. The van der Waals surface area contributed by atoms with Crippen LogP contribution in [0.15, 0.2) is 24.3 Å². The summed E-state index contributed by atoms with van der Waals surface area (Å²) in [6, 6.07) is 7.19. The Kier molecular flexibility index (Phi) is 9.58. The maximum atomic E-state index is 12.5. The summed E-state index contributed by atoms with van der Waals surface area (Å²) in [4.78, 5) is 26.4. The number of unbranched alkanes of at least 4 members (excludes halogenated alkanes) is 6. The number of carbonyl (C=O) groups excluding carboxylic acids is 2. The van der Waals surface area contributed by atoms with Crippen LogP contribution in [0.5, 0.6) is 0 Å². The van der Waals surface area contributed by atoms with Crippen LogP contribution in [-0.4, -0.2) is 23.3 Å². The minimum Gasteiger partial charge on any atom is -0.274 e. The second kappa shape index (κ2) is 11.9. The fourth-order valence-electron chi connectivity index (χ4n) is 4.13. The lowest BCUT2D eigenvalue weighted by Crippen LogP contribution is -2.31. The van der Waals surface area contributed by atoms with Gasteiger partial charge in [0.15, 0.2) is 0 Å². The van der Waals surface area contributed by atoms with Crippen molar-refractivity contribution >= 4 is 11.8 Å². The van der Waals surface area contributed by atoms with E-state index in [4.69, 9.17) is 0 Å². The van der Waals surface area contributed by atoms with Crippen LogP contribution < -0.4 is 0 Å². The highest BCUT2D eigenvalue weighted by Gasteiger charge is 2.34. The van der Waals surface area contributed by atoms with Crippen molar-refractivity contribution in [1.29, 1.82) is 0 Å².